The summed E-state index contributed by atoms with van der Waals surface area (Å²) in [5.41, 5.74) is -3.21. The molecule has 164 valence electrons. The fraction of sp³-hybridized carbons (Fsp3) is 0.524. The van der Waals surface area contributed by atoms with Crippen LogP contribution < -0.4 is 4.74 Å². The molecular formula is C21H22F4O4S. The van der Waals surface area contributed by atoms with E-state index >= 15 is 0 Å². The Balaban J connectivity index is 1.83. The van der Waals surface area contributed by atoms with E-state index < -0.39 is 55.8 Å². The van der Waals surface area contributed by atoms with Crippen LogP contribution in [0, 0.1) is 11.8 Å². The normalized spacial score (nSPS) is 29.8. The molecule has 9 heteroatoms. The van der Waals surface area contributed by atoms with Crippen LogP contribution in [0.25, 0.3) is 0 Å². The van der Waals surface area contributed by atoms with Crippen LogP contribution in [0.5, 0.6) is 5.75 Å². The van der Waals surface area contributed by atoms with Crippen molar-refractivity contribution in [3.63, 3.8) is 0 Å². The minimum absolute atomic E-state index is 0.139. The van der Waals surface area contributed by atoms with Gasteiger partial charge in [0, 0.05) is 30.2 Å². The van der Waals surface area contributed by atoms with Crippen LogP contribution in [0.3, 0.4) is 0 Å². The zero-order valence-corrected chi connectivity index (χ0v) is 17.3. The van der Waals surface area contributed by atoms with E-state index in [0.717, 1.165) is 31.2 Å². The van der Waals surface area contributed by atoms with Crippen molar-refractivity contribution in [2.45, 2.75) is 67.5 Å². The summed E-state index contributed by atoms with van der Waals surface area (Å²) in [6, 6.07) is 2.05. The number of unbranched alkanes of at least 4 members (excludes halogenated alkanes) is 1. The average molecular weight is 446 g/mol. The maximum Gasteiger partial charge on any atom is 0.312 e. The molecule has 0 bridgehead atoms. The van der Waals surface area contributed by atoms with Crippen molar-refractivity contribution >= 4 is 9.84 Å². The van der Waals surface area contributed by atoms with E-state index in [9.17, 15) is 31.1 Å². The monoisotopic (exact) mass is 446 g/mol. The van der Waals surface area contributed by atoms with Gasteiger partial charge in [0.1, 0.15) is 18.0 Å². The number of aliphatic hydroxyl groups excluding tert-OH is 1. The molecule has 0 radical (unpaired) electrons. The third-order valence-electron chi connectivity index (χ3n) is 5.18. The summed E-state index contributed by atoms with van der Waals surface area (Å²) in [5, 5.41) is 9.90. The highest BCUT2D eigenvalue weighted by molar-refractivity contribution is 7.90. The summed E-state index contributed by atoms with van der Waals surface area (Å²) < 4.78 is 86.5. The van der Waals surface area contributed by atoms with E-state index in [0.29, 0.717) is 0 Å². The second kappa shape index (κ2) is 7.89. The van der Waals surface area contributed by atoms with Crippen LogP contribution in [0.1, 0.15) is 56.0 Å². The van der Waals surface area contributed by atoms with Crippen molar-refractivity contribution in [3.8, 4) is 17.6 Å². The molecule has 0 unspecified atom stereocenters. The molecule has 1 aromatic carbocycles. The highest BCUT2D eigenvalue weighted by Gasteiger charge is 2.59. The number of sulfone groups is 1. The third kappa shape index (κ3) is 4.08. The molecule has 0 aromatic heterocycles. The van der Waals surface area contributed by atoms with E-state index in [4.69, 9.17) is 4.74 Å². The van der Waals surface area contributed by atoms with Crippen LogP contribution in [-0.2, 0) is 9.84 Å². The lowest BCUT2D eigenvalue weighted by Gasteiger charge is -2.37. The predicted octanol–water partition coefficient (Wildman–Crippen LogP) is 4.39. The fourth-order valence-electron chi connectivity index (χ4n) is 3.60. The van der Waals surface area contributed by atoms with Gasteiger partial charge in [-0.05, 0) is 24.6 Å². The molecule has 0 saturated heterocycles. The number of alkyl halides is 4. The first kappa shape index (κ1) is 22.6. The SMILES string of the molecule is CCC/C=C\C#CC1(F)CC(Oc2ccc(S(C)(=O)=O)c3c2[C@@H](F)C(F)(F)[C@H]3O)C1. The first-order valence-corrected chi connectivity index (χ1v) is 11.4. The molecule has 1 N–H and O–H groups in total. The number of aliphatic hydroxyl groups is 1. The Morgan fingerprint density at radius 1 is 1.27 bits per heavy atom. The van der Waals surface area contributed by atoms with Gasteiger partial charge in [-0.2, -0.15) is 8.78 Å². The molecule has 0 heterocycles. The van der Waals surface area contributed by atoms with Gasteiger partial charge in [-0.25, -0.2) is 17.2 Å². The largest absolute Gasteiger partial charge is 0.490 e. The van der Waals surface area contributed by atoms with Gasteiger partial charge in [0.15, 0.2) is 21.7 Å². The van der Waals surface area contributed by atoms with Crippen LogP contribution in [-0.4, -0.2) is 37.5 Å². The van der Waals surface area contributed by atoms with Crippen molar-refractivity contribution < 1.29 is 35.8 Å². The zero-order valence-electron chi connectivity index (χ0n) is 16.5. The number of hydrogen-bond acceptors (Lipinski definition) is 4. The first-order valence-electron chi connectivity index (χ1n) is 9.51. The minimum Gasteiger partial charge on any atom is -0.490 e. The number of ether oxygens (including phenoxy) is 1. The number of hydrogen-bond donors (Lipinski definition) is 1. The van der Waals surface area contributed by atoms with Gasteiger partial charge in [0.05, 0.1) is 4.90 Å². The van der Waals surface area contributed by atoms with Crippen molar-refractivity contribution in [1.82, 2.24) is 0 Å². The smallest absolute Gasteiger partial charge is 0.312 e. The van der Waals surface area contributed by atoms with E-state index in [1.54, 1.807) is 6.08 Å². The molecule has 1 fully saturated rings. The Labute approximate surface area is 172 Å². The van der Waals surface area contributed by atoms with Crippen LogP contribution in [0.2, 0.25) is 0 Å². The van der Waals surface area contributed by atoms with Crippen molar-refractivity contribution in [1.29, 1.82) is 0 Å². The number of rotatable bonds is 5. The number of benzene rings is 1. The lowest BCUT2D eigenvalue weighted by atomic mass is 9.79. The van der Waals surface area contributed by atoms with Gasteiger partial charge in [-0.3, -0.25) is 0 Å². The third-order valence-corrected chi connectivity index (χ3v) is 6.34. The van der Waals surface area contributed by atoms with Gasteiger partial charge >= 0.3 is 5.92 Å². The molecule has 0 spiro atoms. The molecule has 1 saturated carbocycles. The quantitative estimate of drug-likeness (QED) is 0.538. The molecule has 2 aliphatic carbocycles. The Bertz CT molecular complexity index is 1020. The minimum atomic E-state index is -4.21. The lowest BCUT2D eigenvalue weighted by Crippen LogP contribution is -2.45. The Morgan fingerprint density at radius 2 is 1.93 bits per heavy atom. The molecule has 0 aliphatic heterocycles. The van der Waals surface area contributed by atoms with Crippen LogP contribution in [0.4, 0.5) is 17.6 Å². The zero-order chi connectivity index (χ0) is 22.3. The van der Waals surface area contributed by atoms with Gasteiger partial charge in [-0.15, -0.1) is 0 Å². The Hall–Kier alpha value is -2.05. The number of halogens is 4. The summed E-state index contributed by atoms with van der Waals surface area (Å²) >= 11 is 0. The molecule has 0 amide bonds. The molecule has 2 aliphatic rings. The van der Waals surface area contributed by atoms with E-state index in [2.05, 4.69) is 11.8 Å². The average Bonchev–Trinajstić information content (AvgIpc) is 2.80. The number of allylic oxidation sites excluding steroid dienone is 2. The molecule has 3 rings (SSSR count). The molecule has 1 aromatic rings. The van der Waals surface area contributed by atoms with E-state index in [-0.39, 0.29) is 18.6 Å². The molecular weight excluding hydrogens is 424 g/mol. The maximum absolute atomic E-state index is 14.5. The van der Waals surface area contributed by atoms with Crippen LogP contribution >= 0.6 is 0 Å². The first-order chi connectivity index (χ1) is 13.9. The maximum atomic E-state index is 14.5. The number of fused-ring (bicyclic) bond motifs is 1. The van der Waals surface area contributed by atoms with Crippen molar-refractivity contribution in [2.24, 2.45) is 0 Å². The Morgan fingerprint density at radius 3 is 2.53 bits per heavy atom. The lowest BCUT2D eigenvalue weighted by molar-refractivity contribution is -0.144. The summed E-state index contributed by atoms with van der Waals surface area (Å²) in [6.45, 7) is 2.00. The fourth-order valence-corrected chi connectivity index (χ4v) is 4.53. The van der Waals surface area contributed by atoms with Gasteiger partial charge in [0.2, 0.25) is 0 Å². The van der Waals surface area contributed by atoms with E-state index in [1.165, 1.54) is 0 Å². The summed E-state index contributed by atoms with van der Waals surface area (Å²) in [4.78, 5) is -0.588. The molecule has 30 heavy (non-hydrogen) atoms. The van der Waals surface area contributed by atoms with Gasteiger partial charge in [-0.1, -0.05) is 31.3 Å². The highest BCUT2D eigenvalue weighted by atomic mass is 32.2. The standard InChI is InChI=1S/C21H22F4O4S/c1-3-4-5-6-7-10-20(23)11-13(12-20)29-14-8-9-15(30(2,27)28)17-16(14)18(22)21(24,25)19(17)26/h5-6,8-9,13,18-19,26H,3-4,11-12H2,1-2H3/b6-5-/t13?,18-,19+,20?/m1/s1. The second-order valence-electron chi connectivity index (χ2n) is 7.67. The van der Waals surface area contributed by atoms with Gasteiger partial charge < -0.3 is 9.84 Å². The molecule has 4 nitrogen and oxygen atoms in total. The van der Waals surface area contributed by atoms with Gasteiger partial charge in [0.25, 0.3) is 0 Å². The topological polar surface area (TPSA) is 63.6 Å². The van der Waals surface area contributed by atoms with Crippen molar-refractivity contribution in [3.05, 3.63) is 35.4 Å². The second-order valence-corrected chi connectivity index (χ2v) is 9.66. The highest BCUT2D eigenvalue weighted by Crippen LogP contribution is 2.57. The predicted molar refractivity (Wildman–Crippen MR) is 103 cm³/mol. The van der Waals surface area contributed by atoms with Crippen molar-refractivity contribution in [2.75, 3.05) is 6.26 Å². The summed E-state index contributed by atoms with van der Waals surface area (Å²) in [7, 11) is -4.01. The Kier molecular flexibility index (Phi) is 5.95. The molecule has 2 atom stereocenters. The van der Waals surface area contributed by atoms with Crippen LogP contribution in [0.15, 0.2) is 29.2 Å². The summed E-state index contributed by atoms with van der Waals surface area (Å²) in [6.07, 6.45) is -0.658. The summed E-state index contributed by atoms with van der Waals surface area (Å²) in [5.74, 6) is 0.563. The van der Waals surface area contributed by atoms with E-state index in [1.807, 2.05) is 13.0 Å².